The van der Waals surface area contributed by atoms with Crippen molar-refractivity contribution in [1.82, 2.24) is 0 Å². The van der Waals surface area contributed by atoms with Gasteiger partial charge in [-0.05, 0) is 42.0 Å². The molecule has 0 aliphatic carbocycles. The predicted octanol–water partition coefficient (Wildman–Crippen LogP) is -0.171. The van der Waals surface area contributed by atoms with Gasteiger partial charge in [-0.25, -0.2) is 4.85 Å². The maximum Gasteiger partial charge on any atom is 1.00 e. The molecule has 0 aliphatic rings. The van der Waals surface area contributed by atoms with Gasteiger partial charge in [-0.2, -0.15) is 4.33 Å². The number of hydrogen-bond donors (Lipinski definition) is 1. The second-order valence-corrected chi connectivity index (χ2v) is 5.39. The third-order valence-corrected chi connectivity index (χ3v) is 3.59. The van der Waals surface area contributed by atoms with Crippen molar-refractivity contribution in [2.75, 3.05) is 12.4 Å². The number of nitrogens with one attached hydrogen (secondary N) is 1. The van der Waals surface area contributed by atoms with Gasteiger partial charge >= 0.3 is 51.4 Å². The predicted molar refractivity (Wildman–Crippen MR) is 90.7 cm³/mol. The fourth-order valence-corrected chi connectivity index (χ4v) is 2.30. The number of nitrogens with zero attached hydrogens (tertiary/aromatic N) is 1. The van der Waals surface area contributed by atoms with Crippen LogP contribution in [0.4, 0.5) is 5.69 Å². The average Bonchev–Trinajstić information content (AvgIpc) is 2.65. The van der Waals surface area contributed by atoms with Crippen molar-refractivity contribution < 1.29 is 75.5 Å². The Hall–Kier alpha value is -1.19. The first-order valence-corrected chi connectivity index (χ1v) is 7.68. The van der Waals surface area contributed by atoms with Crippen molar-refractivity contribution in [2.24, 2.45) is 0 Å². The molecule has 9 heteroatoms. The smallest absolute Gasteiger partial charge is 0.691 e. The Bertz CT molecular complexity index is 806. The van der Waals surface area contributed by atoms with Crippen LogP contribution in [0.1, 0.15) is 5.56 Å². The van der Waals surface area contributed by atoms with Gasteiger partial charge in [-0.15, -0.1) is 0 Å². The summed E-state index contributed by atoms with van der Waals surface area (Å²) in [6, 6.07) is 13.5. The van der Waals surface area contributed by atoms with Gasteiger partial charge in [-0.3, -0.25) is 9.83 Å². The zero-order valence-corrected chi connectivity index (χ0v) is 18.0. The standard InChI is InChI=1S/C17H14N2O5S.K/c1-18-16(10-12-6-8-14(22-2)9-7-12)17(20)19-13-4-3-5-15(11-13)25-24-23-21;/h3-11,21H,2H3,(H,19,20);/q;+1/p-1. The molecule has 2 rings (SSSR count). The van der Waals surface area contributed by atoms with E-state index in [2.05, 4.69) is 19.5 Å². The van der Waals surface area contributed by atoms with E-state index in [9.17, 15) is 10.1 Å². The van der Waals surface area contributed by atoms with Gasteiger partial charge in [0, 0.05) is 10.6 Å². The fourth-order valence-electron chi connectivity index (χ4n) is 1.88. The molecular weight excluding hydrogens is 383 g/mol. The van der Waals surface area contributed by atoms with Crippen LogP contribution in [0, 0.1) is 6.57 Å². The molecule has 26 heavy (non-hydrogen) atoms. The van der Waals surface area contributed by atoms with E-state index in [1.54, 1.807) is 55.6 Å². The summed E-state index contributed by atoms with van der Waals surface area (Å²) in [7, 11) is 1.56. The van der Waals surface area contributed by atoms with E-state index in [0.717, 1.165) is 0 Å². The van der Waals surface area contributed by atoms with Crippen molar-refractivity contribution >= 4 is 29.7 Å². The van der Waals surface area contributed by atoms with E-state index in [1.165, 1.54) is 6.08 Å². The summed E-state index contributed by atoms with van der Waals surface area (Å²) in [6.07, 6.45) is 1.48. The monoisotopic (exact) mass is 396 g/mol. The van der Waals surface area contributed by atoms with Gasteiger partial charge in [0.25, 0.3) is 11.6 Å². The van der Waals surface area contributed by atoms with Gasteiger partial charge in [-0.1, -0.05) is 18.2 Å². The number of rotatable bonds is 7. The van der Waals surface area contributed by atoms with E-state index in [1.807, 2.05) is 0 Å². The Labute approximate surface area is 197 Å². The largest absolute Gasteiger partial charge is 1.00 e. The van der Waals surface area contributed by atoms with E-state index >= 15 is 0 Å². The first-order valence-electron chi connectivity index (χ1n) is 6.94. The summed E-state index contributed by atoms with van der Waals surface area (Å²) in [5.41, 5.74) is 1.09. The van der Waals surface area contributed by atoms with Crippen LogP contribution in [-0.2, 0) is 14.2 Å². The first kappa shape index (κ1) is 22.8. The van der Waals surface area contributed by atoms with Crippen LogP contribution in [0.25, 0.3) is 10.9 Å². The molecule has 1 N–H and O–H groups in total. The minimum atomic E-state index is -0.547. The minimum Gasteiger partial charge on any atom is -0.691 e. The first-order chi connectivity index (χ1) is 12.2. The molecule has 1 amide bonds. The van der Waals surface area contributed by atoms with Crippen LogP contribution in [0.15, 0.2) is 59.1 Å². The van der Waals surface area contributed by atoms with Crippen molar-refractivity contribution in [1.29, 1.82) is 0 Å². The average molecular weight is 396 g/mol. The minimum absolute atomic E-state index is 0. The Morgan fingerprint density at radius 3 is 2.62 bits per heavy atom. The molecular formula is C17H13KN2O5S. The summed E-state index contributed by atoms with van der Waals surface area (Å²) in [5, 5.41) is 15.7. The van der Waals surface area contributed by atoms with Crippen molar-refractivity contribution in [3.8, 4) is 5.75 Å². The van der Waals surface area contributed by atoms with E-state index in [0.29, 0.717) is 33.9 Å². The Balaban J connectivity index is 0.00000338. The molecule has 0 heterocycles. The molecule has 0 atom stereocenters. The van der Waals surface area contributed by atoms with E-state index in [4.69, 9.17) is 11.3 Å². The molecule has 128 valence electrons. The number of ether oxygens (including phenoxy) is 1. The van der Waals surface area contributed by atoms with Gasteiger partial charge < -0.3 is 15.3 Å². The van der Waals surface area contributed by atoms with Crippen LogP contribution in [0.3, 0.4) is 0 Å². The molecule has 0 spiro atoms. The van der Waals surface area contributed by atoms with Crippen molar-refractivity contribution in [3.05, 3.63) is 71.2 Å². The number of methoxy groups -OCH3 is 1. The number of benzene rings is 2. The van der Waals surface area contributed by atoms with Crippen molar-refractivity contribution in [3.63, 3.8) is 0 Å². The molecule has 2 aromatic carbocycles. The van der Waals surface area contributed by atoms with Crippen LogP contribution < -0.4 is 66.7 Å². The van der Waals surface area contributed by atoms with Crippen LogP contribution in [0.5, 0.6) is 5.75 Å². The molecule has 0 aromatic heterocycles. The van der Waals surface area contributed by atoms with Gasteiger partial charge in [0.2, 0.25) is 0 Å². The van der Waals surface area contributed by atoms with Gasteiger partial charge in [0.05, 0.1) is 25.7 Å². The molecule has 0 radical (unpaired) electrons. The fraction of sp³-hybridized carbons (Fsp3) is 0.0588. The van der Waals surface area contributed by atoms with Crippen LogP contribution in [0.2, 0.25) is 0 Å². The summed E-state index contributed by atoms with van der Waals surface area (Å²) >= 11 is 0.709. The normalized spacial score (nSPS) is 10.4. The van der Waals surface area contributed by atoms with Gasteiger partial charge in [0.1, 0.15) is 5.75 Å². The zero-order chi connectivity index (χ0) is 18.1. The second kappa shape index (κ2) is 12.2. The molecule has 2 aromatic rings. The topological polar surface area (TPSA) is 84.2 Å². The Kier molecular flexibility index (Phi) is 10.8. The third-order valence-electron chi connectivity index (χ3n) is 3.02. The quantitative estimate of drug-likeness (QED) is 0.175. The number of carbonyl (C=O) groups is 1. The van der Waals surface area contributed by atoms with E-state index < -0.39 is 5.91 Å². The summed E-state index contributed by atoms with van der Waals surface area (Å²) < 4.78 is 9.29. The molecule has 0 saturated carbocycles. The number of anilines is 1. The number of hydrogen-bond acceptors (Lipinski definition) is 6. The maximum absolute atomic E-state index is 12.3. The molecule has 0 aliphatic heterocycles. The molecule has 7 nitrogen and oxygen atoms in total. The summed E-state index contributed by atoms with van der Waals surface area (Å²) in [4.78, 5) is 16.1. The Morgan fingerprint density at radius 1 is 1.27 bits per heavy atom. The maximum atomic E-state index is 12.3. The summed E-state index contributed by atoms with van der Waals surface area (Å²) in [6.45, 7) is 7.21. The summed E-state index contributed by atoms with van der Waals surface area (Å²) in [5.74, 6) is 0.138. The molecule has 0 unspecified atom stereocenters. The number of carbonyl (C=O) groups excluding carboxylic acids is 1. The molecule has 0 fully saturated rings. The SMILES string of the molecule is [C-]#[N+]C(=Cc1ccc(OC)cc1)C(=O)Nc1cccc(SOO[O-])c1.[K+]. The molecule has 0 bridgehead atoms. The zero-order valence-electron chi connectivity index (χ0n) is 14.1. The Morgan fingerprint density at radius 2 is 2.00 bits per heavy atom. The van der Waals surface area contributed by atoms with Crippen LogP contribution >= 0.6 is 12.0 Å². The second-order valence-electron chi connectivity index (χ2n) is 4.62. The van der Waals surface area contributed by atoms with Gasteiger partial charge in [0.15, 0.2) is 0 Å². The number of amides is 1. The molecule has 0 saturated heterocycles. The third kappa shape index (κ3) is 7.20. The van der Waals surface area contributed by atoms with Crippen LogP contribution in [-0.4, -0.2) is 13.0 Å². The van der Waals surface area contributed by atoms with Crippen molar-refractivity contribution in [2.45, 2.75) is 4.90 Å². The van der Waals surface area contributed by atoms with E-state index in [-0.39, 0.29) is 57.1 Å².